The first-order chi connectivity index (χ1) is 7.65. The summed E-state index contributed by atoms with van der Waals surface area (Å²) < 4.78 is 0. The zero-order chi connectivity index (χ0) is 12.0. The van der Waals surface area contributed by atoms with Crippen LogP contribution in [0.5, 0.6) is 0 Å². The highest BCUT2D eigenvalue weighted by Gasteiger charge is 2.20. The van der Waals surface area contributed by atoms with E-state index < -0.39 is 0 Å². The first-order valence-electron chi connectivity index (χ1n) is 6.28. The van der Waals surface area contributed by atoms with E-state index in [0.717, 1.165) is 19.0 Å². The Hall–Kier alpha value is -0.610. The molecule has 0 aromatic carbocycles. The highest BCUT2D eigenvalue weighted by Crippen LogP contribution is 2.18. The zero-order valence-corrected chi connectivity index (χ0v) is 10.4. The van der Waals surface area contributed by atoms with Gasteiger partial charge in [-0.25, -0.2) is 0 Å². The van der Waals surface area contributed by atoms with E-state index in [2.05, 4.69) is 17.1 Å². The molecule has 0 saturated carbocycles. The van der Waals surface area contributed by atoms with Crippen molar-refractivity contribution >= 4 is 5.91 Å². The minimum Gasteiger partial charge on any atom is -0.394 e. The number of hydrogen-bond acceptors (Lipinski definition) is 3. The number of piperidine rings is 1. The summed E-state index contributed by atoms with van der Waals surface area (Å²) in [4.78, 5) is 13.8. The first-order valence-corrected chi connectivity index (χ1v) is 6.28. The van der Waals surface area contributed by atoms with Crippen molar-refractivity contribution in [1.82, 2.24) is 10.2 Å². The minimum atomic E-state index is -0.140. The molecule has 1 aliphatic heterocycles. The summed E-state index contributed by atoms with van der Waals surface area (Å²) in [7, 11) is 0. The summed E-state index contributed by atoms with van der Waals surface area (Å²) in [5.74, 6) is 0.773. The molecule has 1 unspecified atom stereocenters. The monoisotopic (exact) mass is 228 g/mol. The summed E-state index contributed by atoms with van der Waals surface area (Å²) in [6.45, 7) is 6.56. The van der Waals surface area contributed by atoms with Crippen molar-refractivity contribution in [2.24, 2.45) is 5.92 Å². The predicted molar refractivity (Wildman–Crippen MR) is 64.1 cm³/mol. The van der Waals surface area contributed by atoms with Gasteiger partial charge in [-0.05, 0) is 32.2 Å². The van der Waals surface area contributed by atoms with Crippen molar-refractivity contribution in [2.45, 2.75) is 39.2 Å². The van der Waals surface area contributed by atoms with E-state index in [1.165, 1.54) is 19.3 Å². The van der Waals surface area contributed by atoms with E-state index in [1.54, 1.807) is 0 Å². The number of aliphatic hydroxyl groups is 1. The second-order valence-corrected chi connectivity index (χ2v) is 4.80. The Balaban J connectivity index is 2.27. The molecular weight excluding hydrogens is 204 g/mol. The topological polar surface area (TPSA) is 52.6 Å². The van der Waals surface area contributed by atoms with Crippen LogP contribution in [0.15, 0.2) is 0 Å². The number of carbonyl (C=O) groups is 1. The van der Waals surface area contributed by atoms with Gasteiger partial charge in [0.15, 0.2) is 0 Å². The molecular formula is C12H24N2O2. The van der Waals surface area contributed by atoms with E-state index >= 15 is 0 Å². The third-order valence-corrected chi connectivity index (χ3v) is 3.23. The molecule has 1 heterocycles. The maximum absolute atomic E-state index is 11.6. The summed E-state index contributed by atoms with van der Waals surface area (Å²) in [6.07, 6.45) is 3.69. The van der Waals surface area contributed by atoms with Gasteiger partial charge in [0.1, 0.15) is 0 Å². The molecule has 0 bridgehead atoms. The quantitative estimate of drug-likeness (QED) is 0.725. The fourth-order valence-corrected chi connectivity index (χ4v) is 2.20. The van der Waals surface area contributed by atoms with Gasteiger partial charge in [0, 0.05) is 12.6 Å². The molecule has 4 heteroatoms. The van der Waals surface area contributed by atoms with E-state index in [1.807, 2.05) is 6.92 Å². The van der Waals surface area contributed by atoms with Crippen molar-refractivity contribution in [1.29, 1.82) is 0 Å². The lowest BCUT2D eigenvalue weighted by Crippen LogP contribution is -2.45. The molecule has 1 fully saturated rings. The highest BCUT2D eigenvalue weighted by atomic mass is 16.3. The third-order valence-electron chi connectivity index (χ3n) is 3.23. The van der Waals surface area contributed by atoms with Crippen molar-refractivity contribution < 1.29 is 9.90 Å². The summed E-state index contributed by atoms with van der Waals surface area (Å²) in [5.41, 5.74) is 0. The lowest BCUT2D eigenvalue weighted by Gasteiger charge is -2.31. The number of hydrogen-bond donors (Lipinski definition) is 2. The van der Waals surface area contributed by atoms with Crippen LogP contribution in [0.1, 0.15) is 33.1 Å². The Morgan fingerprint density at radius 1 is 1.62 bits per heavy atom. The summed E-state index contributed by atoms with van der Waals surface area (Å²) in [5, 5.41) is 11.6. The van der Waals surface area contributed by atoms with E-state index in [9.17, 15) is 4.79 Å². The molecule has 1 amide bonds. The van der Waals surface area contributed by atoms with Crippen molar-refractivity contribution in [3.05, 3.63) is 0 Å². The maximum Gasteiger partial charge on any atom is 0.234 e. The smallest absolute Gasteiger partial charge is 0.234 e. The molecule has 0 aromatic rings. The lowest BCUT2D eigenvalue weighted by molar-refractivity contribution is -0.123. The number of amides is 1. The van der Waals surface area contributed by atoms with Crippen molar-refractivity contribution in [3.63, 3.8) is 0 Å². The van der Waals surface area contributed by atoms with Gasteiger partial charge < -0.3 is 10.4 Å². The Morgan fingerprint density at radius 2 is 2.38 bits per heavy atom. The van der Waals surface area contributed by atoms with E-state index in [0.29, 0.717) is 6.54 Å². The Kier molecular flexibility index (Phi) is 5.77. The molecule has 2 N–H and O–H groups in total. The van der Waals surface area contributed by atoms with Gasteiger partial charge in [-0.15, -0.1) is 0 Å². The molecule has 94 valence electrons. The standard InChI is InChI=1S/C12H24N2O2/c1-3-11-5-4-6-14(7-11)8-12(16)13-10(2)9-15/h10-11,15H,3-9H2,1-2H3,(H,13,16)/t10?,11-/m0/s1. The number of aliphatic hydroxyl groups excluding tert-OH is 1. The number of nitrogens with zero attached hydrogens (tertiary/aromatic N) is 1. The zero-order valence-electron chi connectivity index (χ0n) is 10.4. The molecule has 0 radical (unpaired) electrons. The molecule has 1 aliphatic rings. The van der Waals surface area contributed by atoms with Crippen LogP contribution in [-0.2, 0) is 4.79 Å². The van der Waals surface area contributed by atoms with E-state index in [-0.39, 0.29) is 18.6 Å². The highest BCUT2D eigenvalue weighted by molar-refractivity contribution is 5.78. The summed E-state index contributed by atoms with van der Waals surface area (Å²) >= 11 is 0. The summed E-state index contributed by atoms with van der Waals surface area (Å²) in [6, 6.07) is -0.140. The molecule has 0 aliphatic carbocycles. The average Bonchev–Trinajstić information content (AvgIpc) is 2.28. The predicted octanol–water partition coefficient (Wildman–Crippen LogP) is 0.605. The number of likely N-dealkylation sites (tertiary alicyclic amines) is 1. The Labute approximate surface area is 98.0 Å². The lowest BCUT2D eigenvalue weighted by atomic mass is 9.96. The van der Waals surface area contributed by atoms with Gasteiger partial charge in [-0.1, -0.05) is 13.3 Å². The van der Waals surface area contributed by atoms with Gasteiger partial charge >= 0.3 is 0 Å². The minimum absolute atomic E-state index is 0.00330. The van der Waals surface area contributed by atoms with Gasteiger partial charge in [0.05, 0.1) is 13.2 Å². The number of nitrogens with one attached hydrogen (secondary N) is 1. The van der Waals surface area contributed by atoms with Crippen molar-refractivity contribution in [3.8, 4) is 0 Å². The van der Waals surface area contributed by atoms with Crippen molar-refractivity contribution in [2.75, 3.05) is 26.2 Å². The van der Waals surface area contributed by atoms with Crippen LogP contribution in [0.2, 0.25) is 0 Å². The second kappa shape index (κ2) is 6.86. The molecule has 0 spiro atoms. The molecule has 2 atom stereocenters. The van der Waals surface area contributed by atoms with Crippen LogP contribution >= 0.6 is 0 Å². The van der Waals surface area contributed by atoms with Gasteiger partial charge in [0.25, 0.3) is 0 Å². The maximum atomic E-state index is 11.6. The largest absolute Gasteiger partial charge is 0.394 e. The molecule has 0 aromatic heterocycles. The normalized spacial score (nSPS) is 24.1. The first kappa shape index (κ1) is 13.5. The van der Waals surface area contributed by atoms with Crippen LogP contribution in [0.3, 0.4) is 0 Å². The van der Waals surface area contributed by atoms with Crippen LogP contribution in [0.25, 0.3) is 0 Å². The van der Waals surface area contributed by atoms with Crippen LogP contribution in [0, 0.1) is 5.92 Å². The third kappa shape index (κ3) is 4.49. The Morgan fingerprint density at radius 3 is 3.00 bits per heavy atom. The average molecular weight is 228 g/mol. The van der Waals surface area contributed by atoms with Gasteiger partial charge in [-0.3, -0.25) is 9.69 Å². The van der Waals surface area contributed by atoms with Crippen LogP contribution < -0.4 is 5.32 Å². The molecule has 1 saturated heterocycles. The van der Waals surface area contributed by atoms with Crippen LogP contribution in [0.4, 0.5) is 0 Å². The fourth-order valence-electron chi connectivity index (χ4n) is 2.20. The number of rotatable bonds is 5. The molecule has 4 nitrogen and oxygen atoms in total. The molecule has 16 heavy (non-hydrogen) atoms. The second-order valence-electron chi connectivity index (χ2n) is 4.80. The van der Waals surface area contributed by atoms with Gasteiger partial charge in [-0.2, -0.15) is 0 Å². The van der Waals surface area contributed by atoms with Crippen LogP contribution in [-0.4, -0.2) is 48.2 Å². The SMILES string of the molecule is CC[C@H]1CCCN(CC(=O)NC(C)CO)C1. The Bertz CT molecular complexity index is 221. The molecule has 1 rings (SSSR count). The number of carbonyl (C=O) groups excluding carboxylic acids is 1. The fraction of sp³-hybridized carbons (Fsp3) is 0.917. The van der Waals surface area contributed by atoms with Gasteiger partial charge in [0.2, 0.25) is 5.91 Å². The van der Waals surface area contributed by atoms with E-state index in [4.69, 9.17) is 5.11 Å².